The second-order valence-electron chi connectivity index (χ2n) is 4.43. The maximum Gasteiger partial charge on any atom is 0.240 e. The van der Waals surface area contributed by atoms with Gasteiger partial charge in [-0.25, -0.2) is 10.8 Å². The largest absolute Gasteiger partial charge is 0.478 e. The summed E-state index contributed by atoms with van der Waals surface area (Å²) in [5.41, 5.74) is 3.27. The number of nitrogens with two attached hydrogens (primary N) is 1. The highest BCUT2D eigenvalue weighted by Crippen LogP contribution is 2.12. The predicted molar refractivity (Wildman–Crippen MR) is 73.5 cm³/mol. The van der Waals surface area contributed by atoms with E-state index in [2.05, 4.69) is 22.3 Å². The number of ether oxygens (including phenoxy) is 1. The molecule has 0 atom stereocenters. The summed E-state index contributed by atoms with van der Waals surface area (Å²) in [5.74, 6) is 6.26. The summed E-state index contributed by atoms with van der Waals surface area (Å²) >= 11 is 0. The van der Waals surface area contributed by atoms with E-state index in [1.165, 1.54) is 32.1 Å². The molecule has 0 aliphatic heterocycles. The molecule has 0 aromatic carbocycles. The number of nitrogen functional groups attached to an aromatic ring is 1. The van der Waals surface area contributed by atoms with Crippen molar-refractivity contribution in [2.45, 2.75) is 52.4 Å². The van der Waals surface area contributed by atoms with Crippen molar-refractivity contribution in [2.75, 3.05) is 12.0 Å². The van der Waals surface area contributed by atoms with Crippen molar-refractivity contribution in [1.29, 1.82) is 0 Å². The van der Waals surface area contributed by atoms with Gasteiger partial charge in [-0.15, -0.1) is 0 Å². The van der Waals surface area contributed by atoms with Crippen LogP contribution in [0.4, 0.5) is 5.95 Å². The minimum Gasteiger partial charge on any atom is -0.478 e. The third-order valence-corrected chi connectivity index (χ3v) is 2.71. The van der Waals surface area contributed by atoms with Crippen LogP contribution in [0.1, 0.15) is 51.1 Å². The number of unbranched alkanes of at least 4 members (excludes halogenated alkanes) is 5. The van der Waals surface area contributed by atoms with Gasteiger partial charge >= 0.3 is 0 Å². The van der Waals surface area contributed by atoms with Crippen LogP contribution in [-0.2, 0) is 0 Å². The van der Waals surface area contributed by atoms with E-state index in [1.807, 2.05) is 13.0 Å². The molecule has 0 aliphatic rings. The number of aryl methyl sites for hydroxylation is 1. The predicted octanol–water partition coefficient (Wildman–Crippen LogP) is 2.81. The molecule has 0 saturated carbocycles. The summed E-state index contributed by atoms with van der Waals surface area (Å²) in [7, 11) is 0. The Labute approximate surface area is 109 Å². The zero-order chi connectivity index (χ0) is 13.2. The highest BCUT2D eigenvalue weighted by atomic mass is 16.5. The summed E-state index contributed by atoms with van der Waals surface area (Å²) in [4.78, 5) is 8.23. The molecule has 5 nitrogen and oxygen atoms in total. The number of nitrogens with one attached hydrogen (secondary N) is 1. The Kier molecular flexibility index (Phi) is 7.10. The van der Waals surface area contributed by atoms with Crippen molar-refractivity contribution in [2.24, 2.45) is 5.84 Å². The zero-order valence-corrected chi connectivity index (χ0v) is 11.4. The SMILES string of the molecule is CCCCCCCCOc1cc(C)nc(NN)n1. The normalized spacial score (nSPS) is 10.4. The molecule has 5 heteroatoms. The standard InChI is InChI=1S/C13H24N4O/c1-3-4-5-6-7-8-9-18-12-10-11(2)15-13(16-12)17-14/h10H,3-9,14H2,1-2H3,(H,15,16,17). The Hall–Kier alpha value is -1.36. The molecule has 102 valence electrons. The molecule has 1 rings (SSSR count). The Bertz CT molecular complexity index is 344. The molecule has 3 N–H and O–H groups in total. The second kappa shape index (κ2) is 8.69. The van der Waals surface area contributed by atoms with Crippen LogP contribution in [0.3, 0.4) is 0 Å². The molecule has 0 amide bonds. The second-order valence-corrected chi connectivity index (χ2v) is 4.43. The van der Waals surface area contributed by atoms with Gasteiger partial charge in [0.1, 0.15) is 0 Å². The highest BCUT2D eigenvalue weighted by Gasteiger charge is 2.01. The number of rotatable bonds is 9. The Morgan fingerprint density at radius 2 is 1.89 bits per heavy atom. The van der Waals surface area contributed by atoms with Crippen LogP contribution in [0, 0.1) is 6.92 Å². The molecule has 0 bridgehead atoms. The molecule has 0 spiro atoms. The van der Waals surface area contributed by atoms with Gasteiger partial charge < -0.3 is 4.74 Å². The third-order valence-electron chi connectivity index (χ3n) is 2.71. The maximum absolute atomic E-state index is 5.59. The van der Waals surface area contributed by atoms with Gasteiger partial charge in [-0.05, 0) is 13.3 Å². The fourth-order valence-corrected chi connectivity index (χ4v) is 1.74. The smallest absolute Gasteiger partial charge is 0.240 e. The van der Waals surface area contributed by atoms with Gasteiger partial charge in [0, 0.05) is 11.8 Å². The Balaban J connectivity index is 2.20. The van der Waals surface area contributed by atoms with Crippen LogP contribution < -0.4 is 16.0 Å². The van der Waals surface area contributed by atoms with Crippen molar-refractivity contribution in [3.63, 3.8) is 0 Å². The topological polar surface area (TPSA) is 73.1 Å². The van der Waals surface area contributed by atoms with Gasteiger partial charge in [0.15, 0.2) is 0 Å². The van der Waals surface area contributed by atoms with Crippen molar-refractivity contribution in [1.82, 2.24) is 9.97 Å². The van der Waals surface area contributed by atoms with Gasteiger partial charge in [-0.3, -0.25) is 5.43 Å². The van der Waals surface area contributed by atoms with Crippen molar-refractivity contribution >= 4 is 5.95 Å². The van der Waals surface area contributed by atoms with Crippen LogP contribution in [0.2, 0.25) is 0 Å². The molecule has 18 heavy (non-hydrogen) atoms. The first kappa shape index (κ1) is 14.7. The van der Waals surface area contributed by atoms with Gasteiger partial charge in [-0.2, -0.15) is 4.98 Å². The minimum atomic E-state index is 0.396. The fourth-order valence-electron chi connectivity index (χ4n) is 1.74. The number of hydrogen-bond acceptors (Lipinski definition) is 5. The number of anilines is 1. The van der Waals surface area contributed by atoms with Crippen LogP contribution in [0.15, 0.2) is 6.07 Å². The molecular weight excluding hydrogens is 228 g/mol. The minimum absolute atomic E-state index is 0.396. The van der Waals surface area contributed by atoms with Gasteiger partial charge in [0.2, 0.25) is 11.8 Å². The van der Waals surface area contributed by atoms with E-state index < -0.39 is 0 Å². The van der Waals surface area contributed by atoms with Crippen molar-refractivity contribution in [3.05, 3.63) is 11.8 Å². The maximum atomic E-state index is 5.59. The third kappa shape index (κ3) is 5.82. The number of aromatic nitrogens is 2. The molecule has 1 aromatic heterocycles. The number of hydrogen-bond donors (Lipinski definition) is 2. The average molecular weight is 252 g/mol. The molecule has 0 fully saturated rings. The molecule has 1 heterocycles. The van der Waals surface area contributed by atoms with E-state index in [-0.39, 0.29) is 0 Å². The lowest BCUT2D eigenvalue weighted by Gasteiger charge is -2.07. The molecule has 1 aromatic rings. The fraction of sp³-hybridized carbons (Fsp3) is 0.692. The van der Waals surface area contributed by atoms with Crippen LogP contribution in [0.5, 0.6) is 5.88 Å². The van der Waals surface area contributed by atoms with E-state index in [4.69, 9.17) is 10.6 Å². The van der Waals surface area contributed by atoms with Crippen molar-refractivity contribution in [3.8, 4) is 5.88 Å². The highest BCUT2D eigenvalue weighted by molar-refractivity contribution is 5.28. The van der Waals surface area contributed by atoms with Crippen LogP contribution in [0.25, 0.3) is 0 Å². The molecule has 0 saturated heterocycles. The van der Waals surface area contributed by atoms with Gasteiger partial charge in [0.25, 0.3) is 0 Å². The lowest BCUT2D eigenvalue weighted by Crippen LogP contribution is -2.12. The molecule has 0 aliphatic carbocycles. The molecular formula is C13H24N4O. The Morgan fingerprint density at radius 1 is 1.17 bits per heavy atom. The van der Waals surface area contributed by atoms with Gasteiger partial charge in [-0.1, -0.05) is 39.0 Å². The van der Waals surface area contributed by atoms with E-state index in [9.17, 15) is 0 Å². The first-order chi connectivity index (χ1) is 8.76. The quantitative estimate of drug-likeness (QED) is 0.401. The van der Waals surface area contributed by atoms with Crippen LogP contribution in [-0.4, -0.2) is 16.6 Å². The summed E-state index contributed by atoms with van der Waals surface area (Å²) < 4.78 is 5.59. The lowest BCUT2D eigenvalue weighted by atomic mass is 10.1. The van der Waals surface area contributed by atoms with E-state index in [0.29, 0.717) is 18.4 Å². The first-order valence-corrected chi connectivity index (χ1v) is 6.71. The average Bonchev–Trinajstić information content (AvgIpc) is 2.37. The zero-order valence-electron chi connectivity index (χ0n) is 11.4. The van der Waals surface area contributed by atoms with Crippen molar-refractivity contribution < 1.29 is 4.74 Å². The van der Waals surface area contributed by atoms with E-state index in [1.54, 1.807) is 0 Å². The van der Waals surface area contributed by atoms with Crippen LogP contribution >= 0.6 is 0 Å². The molecule has 0 radical (unpaired) electrons. The summed E-state index contributed by atoms with van der Waals surface area (Å²) in [5, 5.41) is 0. The molecule has 0 unspecified atom stereocenters. The summed E-state index contributed by atoms with van der Waals surface area (Å²) in [6.07, 6.45) is 7.51. The van der Waals surface area contributed by atoms with E-state index >= 15 is 0 Å². The summed E-state index contributed by atoms with van der Waals surface area (Å²) in [6.45, 7) is 4.82. The van der Waals surface area contributed by atoms with Gasteiger partial charge in [0.05, 0.1) is 6.61 Å². The van der Waals surface area contributed by atoms with E-state index in [0.717, 1.165) is 12.1 Å². The monoisotopic (exact) mass is 252 g/mol. The Morgan fingerprint density at radius 3 is 2.61 bits per heavy atom. The first-order valence-electron chi connectivity index (χ1n) is 6.71. The number of hydrazine groups is 1. The lowest BCUT2D eigenvalue weighted by molar-refractivity contribution is 0.293. The number of nitrogens with zero attached hydrogens (tertiary/aromatic N) is 2. The summed E-state index contributed by atoms with van der Waals surface area (Å²) in [6, 6.07) is 1.82.